The third-order valence-corrected chi connectivity index (χ3v) is 3.93. The van der Waals surface area contributed by atoms with Gasteiger partial charge in [0.1, 0.15) is 17.2 Å². The summed E-state index contributed by atoms with van der Waals surface area (Å²) >= 11 is 0. The molecule has 124 valence electrons. The van der Waals surface area contributed by atoms with E-state index in [1.807, 2.05) is 13.0 Å². The zero-order valence-electron chi connectivity index (χ0n) is 13.5. The van der Waals surface area contributed by atoms with E-state index in [1.54, 1.807) is 13.0 Å². The monoisotopic (exact) mass is 330 g/mol. The topological polar surface area (TPSA) is 69.1 Å². The SMILES string of the molecule is Cc1cc([C@@H](C)N)c2oc(-c3cc(F)cnc3F)c(C)c(=O)c2c1. The highest BCUT2D eigenvalue weighted by Crippen LogP contribution is 2.31. The summed E-state index contributed by atoms with van der Waals surface area (Å²) in [7, 11) is 0. The third kappa shape index (κ3) is 2.59. The number of hydrogen-bond donors (Lipinski definition) is 1. The van der Waals surface area contributed by atoms with Gasteiger partial charge in [0.05, 0.1) is 17.1 Å². The van der Waals surface area contributed by atoms with Crippen LogP contribution in [0, 0.1) is 25.6 Å². The second kappa shape index (κ2) is 5.79. The van der Waals surface area contributed by atoms with Crippen molar-refractivity contribution in [3.05, 3.63) is 63.1 Å². The third-order valence-electron chi connectivity index (χ3n) is 3.93. The van der Waals surface area contributed by atoms with Crippen LogP contribution in [0.3, 0.4) is 0 Å². The number of aryl methyl sites for hydroxylation is 1. The summed E-state index contributed by atoms with van der Waals surface area (Å²) in [5.41, 5.74) is 7.45. The molecule has 3 aromatic rings. The first-order valence-electron chi connectivity index (χ1n) is 7.44. The van der Waals surface area contributed by atoms with Crippen LogP contribution in [0.4, 0.5) is 8.78 Å². The van der Waals surface area contributed by atoms with Crippen LogP contribution in [0.5, 0.6) is 0 Å². The predicted octanol–water partition coefficient (Wildman–Crippen LogP) is 3.77. The first-order chi connectivity index (χ1) is 11.3. The Kier molecular flexibility index (Phi) is 3.93. The van der Waals surface area contributed by atoms with Crippen LogP contribution in [0.1, 0.15) is 29.7 Å². The summed E-state index contributed by atoms with van der Waals surface area (Å²) in [6.45, 7) is 5.13. The lowest BCUT2D eigenvalue weighted by molar-refractivity contribution is 0.547. The Balaban J connectivity index is 2.45. The maximum atomic E-state index is 14.0. The van der Waals surface area contributed by atoms with Crippen molar-refractivity contribution in [2.75, 3.05) is 0 Å². The van der Waals surface area contributed by atoms with Crippen LogP contribution in [-0.4, -0.2) is 4.98 Å². The molecule has 0 radical (unpaired) electrons. The van der Waals surface area contributed by atoms with E-state index < -0.39 is 11.8 Å². The minimum absolute atomic E-state index is 0.0391. The van der Waals surface area contributed by atoms with E-state index >= 15 is 0 Å². The van der Waals surface area contributed by atoms with Crippen LogP contribution < -0.4 is 11.2 Å². The van der Waals surface area contributed by atoms with Gasteiger partial charge in [0.25, 0.3) is 0 Å². The smallest absolute Gasteiger partial charge is 0.224 e. The summed E-state index contributed by atoms with van der Waals surface area (Å²) in [6, 6.07) is 4.08. The van der Waals surface area contributed by atoms with Gasteiger partial charge < -0.3 is 10.2 Å². The number of rotatable bonds is 2. The number of hydrogen-bond acceptors (Lipinski definition) is 4. The first kappa shape index (κ1) is 16.3. The van der Waals surface area contributed by atoms with Crippen molar-refractivity contribution in [2.24, 2.45) is 5.73 Å². The van der Waals surface area contributed by atoms with Crippen LogP contribution in [0.15, 0.2) is 33.6 Å². The molecule has 0 aliphatic rings. The minimum atomic E-state index is -0.906. The fraction of sp³-hybridized carbons (Fsp3) is 0.222. The van der Waals surface area contributed by atoms with Crippen molar-refractivity contribution >= 4 is 11.0 Å². The zero-order valence-corrected chi connectivity index (χ0v) is 13.5. The van der Waals surface area contributed by atoms with E-state index in [4.69, 9.17) is 10.2 Å². The molecule has 24 heavy (non-hydrogen) atoms. The van der Waals surface area contributed by atoms with Crippen molar-refractivity contribution < 1.29 is 13.2 Å². The van der Waals surface area contributed by atoms with Crippen LogP contribution in [-0.2, 0) is 0 Å². The maximum absolute atomic E-state index is 14.0. The van der Waals surface area contributed by atoms with E-state index in [-0.39, 0.29) is 33.9 Å². The van der Waals surface area contributed by atoms with Gasteiger partial charge in [-0.15, -0.1) is 0 Å². The average Bonchev–Trinajstić information content (AvgIpc) is 2.53. The molecule has 1 aromatic carbocycles. The molecule has 0 aliphatic carbocycles. The second-order valence-electron chi connectivity index (χ2n) is 5.90. The van der Waals surface area contributed by atoms with Gasteiger partial charge in [-0.25, -0.2) is 9.37 Å². The molecule has 1 atom stereocenters. The molecular weight excluding hydrogens is 314 g/mol. The standard InChI is InChI=1S/C18H16F2N2O2/c1-8-4-12(10(3)21)17-13(5-8)15(23)9(2)16(24-17)14-6-11(19)7-22-18(14)20/h4-7,10H,21H2,1-3H3/t10-/m1/s1. The largest absolute Gasteiger partial charge is 0.455 e. The lowest BCUT2D eigenvalue weighted by Gasteiger charge is -2.13. The average molecular weight is 330 g/mol. The van der Waals surface area contributed by atoms with Gasteiger partial charge >= 0.3 is 0 Å². The molecule has 0 spiro atoms. The molecule has 0 saturated heterocycles. The fourth-order valence-electron chi connectivity index (χ4n) is 2.74. The Bertz CT molecular complexity index is 1010. The second-order valence-corrected chi connectivity index (χ2v) is 5.90. The van der Waals surface area contributed by atoms with Gasteiger partial charge in [-0.1, -0.05) is 6.07 Å². The van der Waals surface area contributed by atoms with E-state index in [1.165, 1.54) is 6.92 Å². The molecule has 2 aromatic heterocycles. The quantitative estimate of drug-likeness (QED) is 0.726. The summed E-state index contributed by atoms with van der Waals surface area (Å²) in [6.07, 6.45) is 0.768. The summed E-state index contributed by atoms with van der Waals surface area (Å²) < 4.78 is 33.3. The number of fused-ring (bicyclic) bond motifs is 1. The van der Waals surface area contributed by atoms with Crippen molar-refractivity contribution in [1.82, 2.24) is 4.98 Å². The molecule has 0 bridgehead atoms. The molecule has 0 aliphatic heterocycles. The molecule has 6 heteroatoms. The summed E-state index contributed by atoms with van der Waals surface area (Å²) in [4.78, 5) is 16.1. The molecule has 4 nitrogen and oxygen atoms in total. The summed E-state index contributed by atoms with van der Waals surface area (Å²) in [5, 5.41) is 0.369. The Morgan fingerprint density at radius 1 is 1.21 bits per heavy atom. The minimum Gasteiger partial charge on any atom is -0.455 e. The summed E-state index contributed by atoms with van der Waals surface area (Å²) in [5.74, 6) is -1.66. The Morgan fingerprint density at radius 2 is 1.92 bits per heavy atom. The van der Waals surface area contributed by atoms with Gasteiger partial charge in [-0.3, -0.25) is 4.79 Å². The molecule has 2 N–H and O–H groups in total. The van der Waals surface area contributed by atoms with Crippen molar-refractivity contribution in [3.8, 4) is 11.3 Å². The lowest BCUT2D eigenvalue weighted by atomic mass is 9.99. The fourth-order valence-corrected chi connectivity index (χ4v) is 2.74. The number of aromatic nitrogens is 1. The first-order valence-corrected chi connectivity index (χ1v) is 7.44. The predicted molar refractivity (Wildman–Crippen MR) is 87.7 cm³/mol. The lowest BCUT2D eigenvalue weighted by Crippen LogP contribution is -2.12. The van der Waals surface area contributed by atoms with Crippen molar-refractivity contribution in [1.29, 1.82) is 0 Å². The van der Waals surface area contributed by atoms with E-state index in [9.17, 15) is 13.6 Å². The van der Waals surface area contributed by atoms with Gasteiger partial charge in [-0.05, 0) is 38.5 Å². The Morgan fingerprint density at radius 3 is 2.58 bits per heavy atom. The Hall–Kier alpha value is -2.60. The molecule has 2 heterocycles. The van der Waals surface area contributed by atoms with Crippen molar-refractivity contribution in [3.63, 3.8) is 0 Å². The molecule has 0 unspecified atom stereocenters. The van der Waals surface area contributed by atoms with Crippen LogP contribution in [0.25, 0.3) is 22.3 Å². The molecule has 0 fully saturated rings. The van der Waals surface area contributed by atoms with Crippen molar-refractivity contribution in [2.45, 2.75) is 26.8 Å². The highest BCUT2D eigenvalue weighted by atomic mass is 19.1. The molecule has 3 rings (SSSR count). The van der Waals surface area contributed by atoms with Crippen LogP contribution >= 0.6 is 0 Å². The van der Waals surface area contributed by atoms with Gasteiger partial charge in [0.15, 0.2) is 5.43 Å². The van der Waals surface area contributed by atoms with Gasteiger partial charge in [-0.2, -0.15) is 4.39 Å². The Labute approximate surface area is 136 Å². The molecular formula is C18H16F2N2O2. The van der Waals surface area contributed by atoms with Gasteiger partial charge in [0, 0.05) is 17.2 Å². The number of pyridine rings is 1. The van der Waals surface area contributed by atoms with E-state index in [0.29, 0.717) is 10.9 Å². The normalized spacial score (nSPS) is 12.6. The molecule has 0 amide bonds. The number of nitrogens with zero attached hydrogens (tertiary/aromatic N) is 1. The number of benzene rings is 1. The van der Waals surface area contributed by atoms with Crippen LogP contribution in [0.2, 0.25) is 0 Å². The highest BCUT2D eigenvalue weighted by Gasteiger charge is 2.20. The van der Waals surface area contributed by atoms with Gasteiger partial charge in [0.2, 0.25) is 5.95 Å². The van der Waals surface area contributed by atoms with E-state index in [2.05, 4.69) is 4.98 Å². The zero-order chi connectivity index (χ0) is 17.6. The number of halogens is 2. The maximum Gasteiger partial charge on any atom is 0.224 e. The van der Waals surface area contributed by atoms with E-state index in [0.717, 1.165) is 17.8 Å². The highest BCUT2D eigenvalue weighted by molar-refractivity contribution is 5.84. The number of nitrogens with two attached hydrogens (primary N) is 1. The molecule has 0 saturated carbocycles.